The first-order valence-electron chi connectivity index (χ1n) is 6.76. The smallest absolute Gasteiger partial charge is 0.402 e. The number of nitrogens with two attached hydrogens (primary N) is 1. The number of carbonyl (C=O) groups is 1. The molecule has 144 valence electrons. The zero-order chi connectivity index (χ0) is 19.6. The first kappa shape index (κ1) is 28.6. The number of nitrogens with one attached hydrogen (secondary N) is 1. The summed E-state index contributed by atoms with van der Waals surface area (Å²) < 4.78 is 26.9. The van der Waals surface area contributed by atoms with Gasteiger partial charge in [-0.05, 0) is 63.8 Å². The average molecular weight is 424 g/mol. The van der Waals surface area contributed by atoms with Gasteiger partial charge in [0.05, 0.1) is 26.4 Å². The van der Waals surface area contributed by atoms with Gasteiger partial charge >= 0.3 is 19.5 Å². The average Bonchev–Trinajstić information content (AvgIpc) is 2.39. The second-order valence-corrected chi connectivity index (χ2v) is 9.32. The van der Waals surface area contributed by atoms with E-state index in [0.29, 0.717) is 26.4 Å². The van der Waals surface area contributed by atoms with Gasteiger partial charge in [-0.1, -0.05) is 0 Å². The monoisotopic (exact) mass is 424 g/mol. The molecule has 0 aromatic rings. The van der Waals surface area contributed by atoms with Gasteiger partial charge in [0.2, 0.25) is 0 Å². The predicted molar refractivity (Wildman–Crippen MR) is 102 cm³/mol. The third-order valence-corrected chi connectivity index (χ3v) is 7.71. The Morgan fingerprint density at radius 2 is 1.21 bits per heavy atom. The molecule has 1 amide bonds. The third-order valence-electron chi connectivity index (χ3n) is 1.35. The minimum absolute atomic E-state index is 0.394. The van der Waals surface area contributed by atoms with Crippen LogP contribution >= 0.6 is 13.4 Å². The van der Waals surface area contributed by atoms with E-state index in [9.17, 15) is 0 Å². The summed E-state index contributed by atoms with van der Waals surface area (Å²) in [5, 5.41) is 13.0. The molecule has 0 radical (unpaired) electrons. The number of carboxylic acid groups (broad SMARTS) is 1. The minimum Gasteiger partial charge on any atom is -0.465 e. The molecule has 0 aliphatic carbocycles. The number of amides is 1. The fourth-order valence-corrected chi connectivity index (χ4v) is 7.30. The molecule has 0 aromatic heterocycles. The second kappa shape index (κ2) is 17.6. The van der Waals surface area contributed by atoms with E-state index >= 15 is 0 Å². The summed E-state index contributed by atoms with van der Waals surface area (Å²) >= 11 is 10.4. The highest BCUT2D eigenvalue weighted by Gasteiger charge is 2.31. The van der Waals surface area contributed by atoms with Crippen LogP contribution in [0.3, 0.4) is 0 Å². The van der Waals surface area contributed by atoms with Gasteiger partial charge in [0, 0.05) is 0 Å². The molecule has 0 aliphatic rings. The van der Waals surface area contributed by atoms with Gasteiger partial charge < -0.3 is 28.9 Å². The molecule has 0 fully saturated rings. The van der Waals surface area contributed by atoms with Crippen molar-refractivity contribution in [1.29, 1.82) is 5.41 Å². The zero-order valence-corrected chi connectivity index (χ0v) is 17.6. The third kappa shape index (κ3) is 19.9. The van der Waals surface area contributed by atoms with Gasteiger partial charge in [-0.15, -0.1) is 0 Å². The summed E-state index contributed by atoms with van der Waals surface area (Å²) in [5.41, 5.74) is 4.03. The lowest BCUT2D eigenvalue weighted by molar-refractivity contribution is 0.176. The van der Waals surface area contributed by atoms with E-state index < -0.39 is 19.5 Å². The van der Waals surface area contributed by atoms with Crippen molar-refractivity contribution >= 4 is 49.0 Å². The van der Waals surface area contributed by atoms with Crippen molar-refractivity contribution in [2.24, 2.45) is 5.73 Å². The molecule has 0 bridgehead atoms. The molecule has 0 rings (SSSR count). The van der Waals surface area contributed by atoms with Crippen LogP contribution < -0.4 is 5.73 Å². The molecular formula is C11H26N2O7P2S2. The van der Waals surface area contributed by atoms with Crippen molar-refractivity contribution in [2.45, 2.75) is 27.7 Å². The Labute approximate surface area is 153 Å². The van der Waals surface area contributed by atoms with Crippen LogP contribution in [-0.4, -0.2) is 43.5 Å². The highest BCUT2D eigenvalue weighted by molar-refractivity contribution is 8.14. The Morgan fingerprint density at radius 3 is 1.33 bits per heavy atom. The van der Waals surface area contributed by atoms with Crippen molar-refractivity contribution in [3.8, 4) is 0 Å². The number of primary amides is 1. The van der Waals surface area contributed by atoms with Crippen LogP contribution in [0.1, 0.15) is 27.7 Å². The van der Waals surface area contributed by atoms with Crippen molar-refractivity contribution in [3.63, 3.8) is 0 Å². The standard InChI is InChI=1S/C8H20O5P2S2.C2H3N.CH3NO2/c1-5-9-14(16,10-6-2)13-15(17,11-7-3)12-8-4;1-2-3;2-1(3)4/h5-8H2,1-4H3;3H,1H2;2H2,(H,3,4). The Kier molecular flexibility index (Phi) is 21.0. The van der Waals surface area contributed by atoms with Crippen LogP contribution in [-0.2, 0) is 46.0 Å². The van der Waals surface area contributed by atoms with Crippen molar-refractivity contribution < 1.29 is 32.3 Å². The van der Waals surface area contributed by atoms with Crippen LogP contribution in [0.25, 0.3) is 0 Å². The molecule has 4 N–H and O–H groups in total. The molecule has 13 heteroatoms. The summed E-state index contributed by atoms with van der Waals surface area (Å²) in [6.45, 7) is 5.99. The normalized spacial score (nSPS) is 10.5. The molecule has 0 saturated heterocycles. The molecule has 9 nitrogen and oxygen atoms in total. The Balaban J connectivity index is -0.000000531. The van der Waals surface area contributed by atoms with Gasteiger partial charge in [-0.25, -0.2) is 9.11 Å². The van der Waals surface area contributed by atoms with Crippen LogP contribution in [0.4, 0.5) is 4.79 Å². The van der Waals surface area contributed by atoms with Gasteiger partial charge in [0.25, 0.3) is 0 Å². The summed E-state index contributed by atoms with van der Waals surface area (Å²) in [7, 11) is 0. The number of rotatable bonds is 10. The van der Waals surface area contributed by atoms with E-state index in [4.69, 9.17) is 61.3 Å². The van der Waals surface area contributed by atoms with E-state index in [1.165, 1.54) is 0 Å². The van der Waals surface area contributed by atoms with E-state index in [-0.39, 0.29) is 0 Å². The molecule has 0 aliphatic heterocycles. The molecule has 0 atom stereocenters. The van der Waals surface area contributed by atoms with E-state index in [0.717, 1.165) is 0 Å². The van der Waals surface area contributed by atoms with Gasteiger partial charge in [-0.2, -0.15) is 0 Å². The lowest BCUT2D eigenvalue weighted by Crippen LogP contribution is -2.03. The topological polar surface area (TPSA) is 133 Å². The summed E-state index contributed by atoms with van der Waals surface area (Å²) in [5.74, 6) is 1.75. The first-order valence-corrected chi connectivity index (χ1v) is 11.9. The summed E-state index contributed by atoms with van der Waals surface area (Å²) in [6.07, 6.45) is -1.33. The lowest BCUT2D eigenvalue weighted by Gasteiger charge is -2.27. The highest BCUT2D eigenvalue weighted by atomic mass is 32.5. The summed E-state index contributed by atoms with van der Waals surface area (Å²) in [4.78, 5) is 8.78. The maximum atomic E-state index is 8.78. The Morgan fingerprint density at radius 1 is 1.04 bits per heavy atom. The molecule has 0 saturated carbocycles. The van der Waals surface area contributed by atoms with Crippen molar-refractivity contribution in [1.82, 2.24) is 0 Å². The largest absolute Gasteiger partial charge is 0.465 e. The fourth-order valence-electron chi connectivity index (χ4n) is 0.924. The van der Waals surface area contributed by atoms with Gasteiger partial charge in [0.15, 0.2) is 0 Å². The quantitative estimate of drug-likeness (QED) is 0.355. The highest BCUT2D eigenvalue weighted by Crippen LogP contribution is 2.66. The Hall–Kier alpha value is -0.180. The van der Waals surface area contributed by atoms with Crippen LogP contribution in [0, 0.1) is 5.41 Å². The molecule has 0 aromatic carbocycles. The van der Waals surface area contributed by atoms with Crippen LogP contribution in [0.15, 0.2) is 6.58 Å². The maximum absolute atomic E-state index is 8.78. The van der Waals surface area contributed by atoms with E-state index in [1.54, 1.807) is 5.87 Å². The number of hydrogen-bond donors (Lipinski definition) is 3. The minimum atomic E-state index is -2.87. The maximum Gasteiger partial charge on any atom is 0.402 e. The molecular weight excluding hydrogens is 398 g/mol. The lowest BCUT2D eigenvalue weighted by atomic mass is 10.9. The van der Waals surface area contributed by atoms with E-state index in [2.05, 4.69) is 12.3 Å². The number of hydrogen-bond acceptors (Lipinski definition) is 9. The van der Waals surface area contributed by atoms with E-state index in [1.807, 2.05) is 27.7 Å². The van der Waals surface area contributed by atoms with Gasteiger partial charge in [-0.3, -0.25) is 5.41 Å². The fraction of sp³-hybridized carbons (Fsp3) is 0.727. The SMILES string of the molecule is C=C=N.CCOP(=S)(OCC)OP(=S)(OCC)OCC.NC(=O)O. The predicted octanol–water partition coefficient (Wildman–Crippen LogP) is 3.64. The van der Waals surface area contributed by atoms with Gasteiger partial charge in [0.1, 0.15) is 0 Å². The molecule has 0 spiro atoms. The first-order chi connectivity index (χ1) is 11.1. The van der Waals surface area contributed by atoms with Crippen LogP contribution in [0.2, 0.25) is 0 Å². The molecule has 0 unspecified atom stereocenters. The second-order valence-electron chi connectivity index (χ2n) is 3.16. The van der Waals surface area contributed by atoms with Crippen molar-refractivity contribution in [2.75, 3.05) is 26.4 Å². The molecule has 0 heterocycles. The Bertz CT molecular complexity index is 408. The van der Waals surface area contributed by atoms with Crippen molar-refractivity contribution in [3.05, 3.63) is 6.58 Å². The zero-order valence-electron chi connectivity index (χ0n) is 14.2. The molecule has 24 heavy (non-hydrogen) atoms. The van der Waals surface area contributed by atoms with Crippen LogP contribution in [0.5, 0.6) is 0 Å². The summed E-state index contributed by atoms with van der Waals surface area (Å²) in [6, 6.07) is 0.